The van der Waals surface area contributed by atoms with Crippen molar-refractivity contribution in [1.29, 1.82) is 0 Å². The minimum Gasteiger partial charge on any atom is -0.454 e. The molecule has 2 fully saturated rings. The second-order valence-electron chi connectivity index (χ2n) is 5.61. The van der Waals surface area contributed by atoms with Crippen LogP contribution in [0.25, 0.3) is 0 Å². The fourth-order valence-corrected chi connectivity index (χ4v) is 3.37. The number of fused-ring (bicyclic) bond motifs is 2. The number of rotatable bonds is 1. The first kappa shape index (κ1) is 12.5. The van der Waals surface area contributed by atoms with E-state index in [1.807, 2.05) is 0 Å². The van der Waals surface area contributed by atoms with Crippen LogP contribution in [0.1, 0.15) is 19.8 Å². The fourth-order valence-electron chi connectivity index (χ4n) is 3.37. The summed E-state index contributed by atoms with van der Waals surface area (Å²) in [7, 11) is 0. The average molecular weight is 288 g/mol. The Morgan fingerprint density at radius 2 is 1.95 bits per heavy atom. The monoisotopic (exact) mass is 288 g/mol. The van der Waals surface area contributed by atoms with E-state index < -0.39 is 6.04 Å². The normalized spacial score (nSPS) is 27.3. The van der Waals surface area contributed by atoms with Crippen LogP contribution in [0.2, 0.25) is 0 Å². The van der Waals surface area contributed by atoms with Gasteiger partial charge < -0.3 is 14.4 Å². The summed E-state index contributed by atoms with van der Waals surface area (Å²) < 4.78 is 10.6. The zero-order chi connectivity index (χ0) is 14.6. The minimum absolute atomic E-state index is 0.00142. The van der Waals surface area contributed by atoms with Gasteiger partial charge in [-0.25, -0.2) is 0 Å². The van der Waals surface area contributed by atoms with Crippen molar-refractivity contribution >= 4 is 17.5 Å². The molecule has 3 heterocycles. The second-order valence-corrected chi connectivity index (χ2v) is 5.61. The van der Waals surface area contributed by atoms with E-state index >= 15 is 0 Å². The van der Waals surface area contributed by atoms with Gasteiger partial charge in [-0.15, -0.1) is 0 Å². The number of hydrogen-bond donors (Lipinski definition) is 0. The van der Waals surface area contributed by atoms with Crippen molar-refractivity contribution in [3.63, 3.8) is 0 Å². The molecule has 0 spiro atoms. The topological polar surface area (TPSA) is 59.1 Å². The quantitative estimate of drug-likeness (QED) is 0.777. The Hall–Kier alpha value is -2.24. The first-order chi connectivity index (χ1) is 10.2. The van der Waals surface area contributed by atoms with E-state index in [0.29, 0.717) is 23.7 Å². The molecule has 3 aliphatic rings. The van der Waals surface area contributed by atoms with Gasteiger partial charge >= 0.3 is 0 Å². The Labute approximate surface area is 122 Å². The summed E-state index contributed by atoms with van der Waals surface area (Å²) >= 11 is 0. The lowest BCUT2D eigenvalue weighted by atomic mass is 10.0. The number of ether oxygens (including phenoxy) is 2. The van der Waals surface area contributed by atoms with Crippen LogP contribution >= 0.6 is 0 Å². The zero-order valence-corrected chi connectivity index (χ0v) is 11.7. The van der Waals surface area contributed by atoms with Crippen molar-refractivity contribution in [2.24, 2.45) is 0 Å². The van der Waals surface area contributed by atoms with Gasteiger partial charge in [0.15, 0.2) is 11.5 Å². The van der Waals surface area contributed by atoms with E-state index in [1.54, 1.807) is 34.9 Å². The molecule has 2 saturated heterocycles. The lowest BCUT2D eigenvalue weighted by Gasteiger charge is -2.40. The van der Waals surface area contributed by atoms with Crippen LogP contribution in [0.5, 0.6) is 11.5 Å². The molecular weight excluding hydrogens is 272 g/mol. The van der Waals surface area contributed by atoms with Crippen molar-refractivity contribution in [3.8, 4) is 11.5 Å². The number of carbonyl (C=O) groups excluding carboxylic acids is 2. The molecule has 6 heteroatoms. The molecule has 0 saturated carbocycles. The molecule has 110 valence electrons. The van der Waals surface area contributed by atoms with Crippen LogP contribution in [0, 0.1) is 0 Å². The minimum atomic E-state index is -0.479. The Morgan fingerprint density at radius 1 is 1.14 bits per heavy atom. The molecule has 2 amide bonds. The number of carbonyl (C=O) groups is 2. The Kier molecular flexibility index (Phi) is 2.60. The van der Waals surface area contributed by atoms with Crippen molar-refractivity contribution in [1.82, 2.24) is 4.90 Å². The van der Waals surface area contributed by atoms with Crippen molar-refractivity contribution in [3.05, 3.63) is 18.2 Å². The highest BCUT2D eigenvalue weighted by atomic mass is 16.7. The summed E-state index contributed by atoms with van der Waals surface area (Å²) in [5.74, 6) is 1.31. The largest absolute Gasteiger partial charge is 0.454 e. The summed E-state index contributed by atoms with van der Waals surface area (Å²) in [5.41, 5.74) is 0.691. The molecule has 4 rings (SSSR count). The third-order valence-corrected chi connectivity index (χ3v) is 4.44. The summed E-state index contributed by atoms with van der Waals surface area (Å²) in [6.45, 7) is 2.66. The first-order valence-electron chi connectivity index (χ1n) is 7.20. The molecule has 0 radical (unpaired) electrons. The smallest absolute Gasteiger partial charge is 0.250 e. The molecule has 0 aliphatic carbocycles. The summed E-state index contributed by atoms with van der Waals surface area (Å²) in [4.78, 5) is 28.5. The van der Waals surface area contributed by atoms with Crippen LogP contribution in [0.4, 0.5) is 5.69 Å². The van der Waals surface area contributed by atoms with Crippen LogP contribution in [0.15, 0.2) is 18.2 Å². The number of hydrogen-bond acceptors (Lipinski definition) is 4. The highest BCUT2D eigenvalue weighted by molar-refractivity contribution is 6.08. The predicted molar refractivity (Wildman–Crippen MR) is 74.2 cm³/mol. The second kappa shape index (κ2) is 4.38. The molecule has 2 atom stereocenters. The molecule has 0 bridgehead atoms. The van der Waals surface area contributed by atoms with E-state index in [4.69, 9.17) is 9.47 Å². The van der Waals surface area contributed by atoms with E-state index in [2.05, 4.69) is 0 Å². The molecular formula is C15H16N2O4. The highest BCUT2D eigenvalue weighted by Crippen LogP contribution is 2.38. The predicted octanol–water partition coefficient (Wildman–Crippen LogP) is 1.14. The molecule has 2 unspecified atom stereocenters. The zero-order valence-electron chi connectivity index (χ0n) is 11.7. The number of nitrogens with zero attached hydrogens (tertiary/aromatic N) is 2. The average Bonchev–Trinajstić information content (AvgIpc) is 3.13. The van der Waals surface area contributed by atoms with E-state index in [1.165, 1.54) is 0 Å². The molecule has 0 aromatic heterocycles. The van der Waals surface area contributed by atoms with Gasteiger partial charge in [0.25, 0.3) is 5.91 Å². The van der Waals surface area contributed by atoms with Gasteiger partial charge in [0.05, 0.1) is 0 Å². The van der Waals surface area contributed by atoms with Crippen LogP contribution in [-0.2, 0) is 9.59 Å². The molecule has 6 nitrogen and oxygen atoms in total. The lowest BCUT2D eigenvalue weighted by molar-refractivity contribution is -0.143. The summed E-state index contributed by atoms with van der Waals surface area (Å²) in [6.07, 6.45) is 1.64. The van der Waals surface area contributed by atoms with Gasteiger partial charge in [0.2, 0.25) is 12.7 Å². The van der Waals surface area contributed by atoms with Crippen molar-refractivity contribution in [2.75, 3.05) is 18.2 Å². The maximum atomic E-state index is 12.7. The number of amides is 2. The lowest BCUT2D eigenvalue weighted by Crippen LogP contribution is -2.62. The Balaban J connectivity index is 1.73. The third kappa shape index (κ3) is 1.71. The molecule has 1 aromatic rings. The maximum Gasteiger partial charge on any atom is 0.250 e. The SMILES string of the molecule is CC1C(=O)N2CCCC2C(=O)N1c1ccc2c(c1)OCO2. The summed E-state index contributed by atoms with van der Waals surface area (Å²) in [5, 5.41) is 0. The first-order valence-corrected chi connectivity index (χ1v) is 7.20. The Morgan fingerprint density at radius 3 is 2.81 bits per heavy atom. The standard InChI is InChI=1S/C15H16N2O4/c1-9-14(18)16-6-2-3-11(16)15(19)17(9)10-4-5-12-13(7-10)21-8-20-12/h4-5,7,9,11H,2-3,6,8H2,1H3. The van der Waals surface area contributed by atoms with Crippen LogP contribution in [-0.4, -0.2) is 42.1 Å². The molecule has 0 N–H and O–H groups in total. The molecule has 21 heavy (non-hydrogen) atoms. The number of anilines is 1. The molecule has 3 aliphatic heterocycles. The van der Waals surface area contributed by atoms with Gasteiger partial charge in [-0.05, 0) is 31.9 Å². The van der Waals surface area contributed by atoms with E-state index in [9.17, 15) is 9.59 Å². The summed E-state index contributed by atoms with van der Waals surface area (Å²) in [6, 6.07) is 4.57. The van der Waals surface area contributed by atoms with Crippen LogP contribution < -0.4 is 14.4 Å². The highest BCUT2D eigenvalue weighted by Gasteiger charge is 2.46. The van der Waals surface area contributed by atoms with Crippen molar-refractivity contribution < 1.29 is 19.1 Å². The van der Waals surface area contributed by atoms with Gasteiger partial charge in [-0.2, -0.15) is 0 Å². The van der Waals surface area contributed by atoms with Gasteiger partial charge in [-0.3, -0.25) is 14.5 Å². The number of benzene rings is 1. The maximum absolute atomic E-state index is 12.7. The molecule has 1 aromatic carbocycles. The van der Waals surface area contributed by atoms with Crippen molar-refractivity contribution in [2.45, 2.75) is 31.8 Å². The van der Waals surface area contributed by atoms with Gasteiger partial charge in [0, 0.05) is 18.3 Å². The van der Waals surface area contributed by atoms with E-state index in [0.717, 1.165) is 12.8 Å². The Bertz CT molecular complexity index is 630. The number of piperazine rings is 1. The van der Waals surface area contributed by atoms with E-state index in [-0.39, 0.29) is 24.6 Å². The van der Waals surface area contributed by atoms with Crippen LogP contribution in [0.3, 0.4) is 0 Å². The van der Waals surface area contributed by atoms with Gasteiger partial charge in [-0.1, -0.05) is 0 Å². The van der Waals surface area contributed by atoms with Gasteiger partial charge in [0.1, 0.15) is 12.1 Å². The fraction of sp³-hybridized carbons (Fsp3) is 0.467. The third-order valence-electron chi connectivity index (χ3n) is 4.44.